The summed E-state index contributed by atoms with van der Waals surface area (Å²) in [7, 11) is 1.77. The molecule has 2 rings (SSSR count). The van der Waals surface area contributed by atoms with E-state index in [0.717, 1.165) is 0 Å². The fraction of sp³-hybridized carbons (Fsp3) is 0.692. The summed E-state index contributed by atoms with van der Waals surface area (Å²) in [5.41, 5.74) is -1.76. The molecular formula is C13H21N5O2. The van der Waals surface area contributed by atoms with Crippen LogP contribution in [0.25, 0.3) is 0 Å². The molecule has 1 fully saturated rings. The van der Waals surface area contributed by atoms with Gasteiger partial charge in [-0.25, -0.2) is 4.98 Å². The first-order valence-electron chi connectivity index (χ1n) is 6.70. The SMILES string of the molecule is CCC1(C)NC(=O)C(C)(C)N(Cc2ncnn2C)C1=O. The predicted molar refractivity (Wildman–Crippen MR) is 72.5 cm³/mol. The van der Waals surface area contributed by atoms with E-state index in [0.29, 0.717) is 12.2 Å². The minimum Gasteiger partial charge on any atom is -0.340 e. The lowest BCUT2D eigenvalue weighted by Crippen LogP contribution is -2.72. The van der Waals surface area contributed by atoms with Crippen molar-refractivity contribution in [3.63, 3.8) is 0 Å². The van der Waals surface area contributed by atoms with Crippen LogP contribution in [0.2, 0.25) is 0 Å². The number of piperazine rings is 1. The fourth-order valence-corrected chi connectivity index (χ4v) is 2.25. The number of nitrogens with one attached hydrogen (secondary N) is 1. The van der Waals surface area contributed by atoms with E-state index in [1.165, 1.54) is 6.33 Å². The molecule has 7 nitrogen and oxygen atoms in total. The third-order valence-corrected chi connectivity index (χ3v) is 4.15. The van der Waals surface area contributed by atoms with Crippen molar-refractivity contribution in [3.05, 3.63) is 12.2 Å². The van der Waals surface area contributed by atoms with Crippen molar-refractivity contribution in [1.29, 1.82) is 0 Å². The molecule has 1 aromatic heterocycles. The molecule has 1 aromatic rings. The second kappa shape index (κ2) is 4.57. The first-order valence-corrected chi connectivity index (χ1v) is 6.70. The number of hydrogen-bond acceptors (Lipinski definition) is 4. The van der Waals surface area contributed by atoms with E-state index in [-0.39, 0.29) is 18.4 Å². The molecule has 2 amide bonds. The number of hydrogen-bond donors (Lipinski definition) is 1. The molecule has 1 aliphatic rings. The monoisotopic (exact) mass is 279 g/mol. The van der Waals surface area contributed by atoms with Crippen molar-refractivity contribution >= 4 is 11.8 Å². The van der Waals surface area contributed by atoms with E-state index >= 15 is 0 Å². The average molecular weight is 279 g/mol. The van der Waals surface area contributed by atoms with Crippen LogP contribution in [0.4, 0.5) is 0 Å². The smallest absolute Gasteiger partial charge is 0.249 e. The Balaban J connectivity index is 2.38. The van der Waals surface area contributed by atoms with Crippen LogP contribution in [0.5, 0.6) is 0 Å². The van der Waals surface area contributed by atoms with Crippen LogP contribution in [0.1, 0.15) is 39.9 Å². The molecule has 0 radical (unpaired) electrons. The lowest BCUT2D eigenvalue weighted by molar-refractivity contribution is -0.161. The third kappa shape index (κ3) is 2.07. The van der Waals surface area contributed by atoms with Gasteiger partial charge in [-0.15, -0.1) is 0 Å². The number of carbonyl (C=O) groups is 2. The van der Waals surface area contributed by atoms with Gasteiger partial charge in [0.25, 0.3) is 0 Å². The number of amides is 2. The zero-order chi connectivity index (χ0) is 15.1. The summed E-state index contributed by atoms with van der Waals surface area (Å²) in [5, 5.41) is 6.83. The van der Waals surface area contributed by atoms with E-state index in [9.17, 15) is 9.59 Å². The van der Waals surface area contributed by atoms with Crippen molar-refractivity contribution in [2.75, 3.05) is 0 Å². The maximum atomic E-state index is 12.7. The first kappa shape index (κ1) is 14.5. The van der Waals surface area contributed by atoms with E-state index in [4.69, 9.17) is 0 Å². The minimum atomic E-state index is -0.905. The Kier molecular flexibility index (Phi) is 3.31. The second-order valence-electron chi connectivity index (χ2n) is 5.89. The highest BCUT2D eigenvalue weighted by atomic mass is 16.2. The summed E-state index contributed by atoms with van der Waals surface area (Å²) in [4.78, 5) is 30.8. The molecule has 7 heteroatoms. The summed E-state index contributed by atoms with van der Waals surface area (Å²) in [6.45, 7) is 7.40. The van der Waals surface area contributed by atoms with Gasteiger partial charge in [-0.05, 0) is 27.2 Å². The third-order valence-electron chi connectivity index (χ3n) is 4.15. The van der Waals surface area contributed by atoms with Crippen molar-refractivity contribution in [2.45, 2.75) is 51.7 Å². The molecule has 1 saturated heterocycles. The summed E-state index contributed by atoms with van der Waals surface area (Å²) in [5.74, 6) is 0.413. The fourth-order valence-electron chi connectivity index (χ4n) is 2.25. The van der Waals surface area contributed by atoms with Crippen LogP contribution in [0.15, 0.2) is 6.33 Å². The Morgan fingerprint density at radius 2 is 1.95 bits per heavy atom. The predicted octanol–water partition coefficient (Wildman–Crippen LogP) is 0.221. The minimum absolute atomic E-state index is 0.0902. The number of aromatic nitrogens is 3. The van der Waals surface area contributed by atoms with Gasteiger partial charge < -0.3 is 10.2 Å². The molecular weight excluding hydrogens is 258 g/mol. The van der Waals surface area contributed by atoms with Crippen LogP contribution in [-0.4, -0.2) is 42.6 Å². The molecule has 0 aromatic carbocycles. The molecule has 0 aliphatic carbocycles. The van der Waals surface area contributed by atoms with E-state index in [1.54, 1.807) is 37.4 Å². The molecule has 1 unspecified atom stereocenters. The quantitative estimate of drug-likeness (QED) is 0.858. The van der Waals surface area contributed by atoms with Crippen LogP contribution in [-0.2, 0) is 23.2 Å². The van der Waals surface area contributed by atoms with Gasteiger partial charge in [0, 0.05) is 7.05 Å². The highest BCUT2D eigenvalue weighted by molar-refractivity contribution is 6.01. The number of rotatable bonds is 3. The Morgan fingerprint density at radius 3 is 2.45 bits per heavy atom. The molecule has 1 atom stereocenters. The van der Waals surface area contributed by atoms with Crippen molar-refractivity contribution in [1.82, 2.24) is 25.0 Å². The average Bonchev–Trinajstić information content (AvgIpc) is 2.78. The van der Waals surface area contributed by atoms with Gasteiger partial charge in [0.2, 0.25) is 11.8 Å². The molecule has 2 heterocycles. The lowest BCUT2D eigenvalue weighted by Gasteiger charge is -2.48. The topological polar surface area (TPSA) is 80.1 Å². The zero-order valence-corrected chi connectivity index (χ0v) is 12.6. The van der Waals surface area contributed by atoms with E-state index in [1.807, 2.05) is 6.92 Å². The van der Waals surface area contributed by atoms with Crippen LogP contribution in [0.3, 0.4) is 0 Å². The standard InChI is InChI=1S/C13H21N5O2/c1-6-13(4)11(20)18(12(2,3)10(19)16-13)7-9-14-8-15-17(9)5/h8H,6-7H2,1-5H3,(H,16,19). The van der Waals surface area contributed by atoms with Crippen molar-refractivity contribution in [2.24, 2.45) is 7.05 Å². The second-order valence-corrected chi connectivity index (χ2v) is 5.89. The summed E-state index contributed by atoms with van der Waals surface area (Å²) >= 11 is 0. The van der Waals surface area contributed by atoms with Gasteiger partial charge >= 0.3 is 0 Å². The molecule has 110 valence electrons. The van der Waals surface area contributed by atoms with Gasteiger partial charge in [0.05, 0.1) is 6.54 Å². The molecule has 0 spiro atoms. The molecule has 0 saturated carbocycles. The van der Waals surface area contributed by atoms with E-state index < -0.39 is 11.1 Å². The summed E-state index contributed by atoms with van der Waals surface area (Å²) in [6, 6.07) is 0. The largest absolute Gasteiger partial charge is 0.340 e. The van der Waals surface area contributed by atoms with Gasteiger partial charge in [0.1, 0.15) is 23.2 Å². The normalized spacial score (nSPS) is 25.8. The van der Waals surface area contributed by atoms with Gasteiger partial charge in [-0.1, -0.05) is 6.92 Å². The maximum absolute atomic E-state index is 12.7. The molecule has 20 heavy (non-hydrogen) atoms. The van der Waals surface area contributed by atoms with Gasteiger partial charge in [0.15, 0.2) is 0 Å². The van der Waals surface area contributed by atoms with Crippen LogP contribution < -0.4 is 5.32 Å². The summed E-state index contributed by atoms with van der Waals surface area (Å²) in [6.07, 6.45) is 1.98. The van der Waals surface area contributed by atoms with Crippen LogP contribution in [0, 0.1) is 0 Å². The maximum Gasteiger partial charge on any atom is 0.249 e. The van der Waals surface area contributed by atoms with Crippen molar-refractivity contribution in [3.8, 4) is 0 Å². The highest BCUT2D eigenvalue weighted by Crippen LogP contribution is 2.29. The first-order chi connectivity index (χ1) is 9.22. The highest BCUT2D eigenvalue weighted by Gasteiger charge is 2.51. The Bertz CT molecular complexity index is 551. The van der Waals surface area contributed by atoms with E-state index in [2.05, 4.69) is 15.4 Å². The number of nitrogens with zero attached hydrogens (tertiary/aromatic N) is 4. The zero-order valence-electron chi connectivity index (χ0n) is 12.6. The number of carbonyl (C=O) groups excluding carboxylic acids is 2. The van der Waals surface area contributed by atoms with Gasteiger partial charge in [-0.2, -0.15) is 5.10 Å². The summed E-state index contributed by atoms with van der Waals surface area (Å²) < 4.78 is 1.61. The number of aryl methyl sites for hydroxylation is 1. The Hall–Kier alpha value is -1.92. The lowest BCUT2D eigenvalue weighted by atomic mass is 9.86. The molecule has 0 bridgehead atoms. The molecule has 1 N–H and O–H groups in total. The van der Waals surface area contributed by atoms with Crippen molar-refractivity contribution < 1.29 is 9.59 Å². The van der Waals surface area contributed by atoms with Gasteiger partial charge in [-0.3, -0.25) is 14.3 Å². The molecule has 1 aliphatic heterocycles. The Morgan fingerprint density at radius 1 is 1.30 bits per heavy atom. The Labute approximate surface area is 118 Å². The van der Waals surface area contributed by atoms with Crippen LogP contribution >= 0.6 is 0 Å².